The summed E-state index contributed by atoms with van der Waals surface area (Å²) < 4.78 is 5.51. The molecule has 2 heterocycles. The van der Waals surface area contributed by atoms with Crippen molar-refractivity contribution in [3.63, 3.8) is 0 Å². The van der Waals surface area contributed by atoms with Crippen LogP contribution in [0.15, 0.2) is 36.5 Å². The highest BCUT2D eigenvalue weighted by Gasteiger charge is 2.23. The molecule has 6 nitrogen and oxygen atoms in total. The molecule has 2 aromatic heterocycles. The number of fused-ring (bicyclic) bond motifs is 1. The summed E-state index contributed by atoms with van der Waals surface area (Å²) in [5.41, 5.74) is 2.18. The number of imidazole rings is 1. The first kappa shape index (κ1) is 19.2. The van der Waals surface area contributed by atoms with Crippen LogP contribution in [0.5, 0.6) is 5.88 Å². The summed E-state index contributed by atoms with van der Waals surface area (Å²) in [5, 5.41) is 3.33. The first-order valence-corrected chi connectivity index (χ1v) is 9.30. The van der Waals surface area contributed by atoms with Crippen molar-refractivity contribution in [3.05, 3.63) is 52.9 Å². The second-order valence-electron chi connectivity index (χ2n) is 7.01. The van der Waals surface area contributed by atoms with Crippen molar-refractivity contribution >= 4 is 28.5 Å². The van der Waals surface area contributed by atoms with Gasteiger partial charge in [-0.1, -0.05) is 37.6 Å². The molecule has 3 aromatic rings. The number of hydrogen-bond acceptors (Lipinski definition) is 4. The molecule has 3 rings (SSSR count). The van der Waals surface area contributed by atoms with Gasteiger partial charge >= 0.3 is 0 Å². The highest BCUT2D eigenvalue weighted by Crippen LogP contribution is 2.25. The number of para-hydroxylation sites is 2. The van der Waals surface area contributed by atoms with E-state index < -0.39 is 0 Å². The Hall–Kier alpha value is -2.60. The van der Waals surface area contributed by atoms with Gasteiger partial charge in [0.1, 0.15) is 10.8 Å². The molecule has 7 heteroatoms. The Morgan fingerprint density at radius 3 is 2.59 bits per heavy atom. The summed E-state index contributed by atoms with van der Waals surface area (Å²) in [6.45, 7) is 7.84. The van der Waals surface area contributed by atoms with E-state index in [0.717, 1.165) is 16.9 Å². The Kier molecular flexibility index (Phi) is 5.65. The number of nitrogens with zero attached hydrogens (tertiary/aromatic N) is 2. The van der Waals surface area contributed by atoms with E-state index in [1.54, 1.807) is 6.07 Å². The molecule has 0 aliphatic carbocycles. The number of carbonyl (C=O) groups is 1. The fourth-order valence-electron chi connectivity index (χ4n) is 2.75. The highest BCUT2D eigenvalue weighted by atomic mass is 35.5. The third-order valence-electron chi connectivity index (χ3n) is 4.07. The van der Waals surface area contributed by atoms with Crippen LogP contribution in [-0.2, 0) is 0 Å². The predicted octanol–water partition coefficient (Wildman–Crippen LogP) is 4.53. The maximum atomic E-state index is 12.7. The smallest absolute Gasteiger partial charge is 0.253 e. The summed E-state index contributed by atoms with van der Waals surface area (Å²) in [6.07, 6.45) is 1.42. The van der Waals surface area contributed by atoms with Gasteiger partial charge < -0.3 is 15.0 Å². The zero-order chi connectivity index (χ0) is 19.6. The fourth-order valence-corrected chi connectivity index (χ4v) is 2.97. The SMILES string of the molecule is CC(C)Oc1ncc(C(=O)NC(c2nc3ccccc3[nH]2)C(C)C)cc1Cl. The molecule has 1 unspecified atom stereocenters. The van der Waals surface area contributed by atoms with Gasteiger partial charge in [-0.3, -0.25) is 4.79 Å². The molecule has 0 spiro atoms. The van der Waals surface area contributed by atoms with Gasteiger partial charge in [-0.15, -0.1) is 0 Å². The zero-order valence-corrected chi connectivity index (χ0v) is 16.5. The number of hydrogen-bond donors (Lipinski definition) is 2. The fraction of sp³-hybridized carbons (Fsp3) is 0.350. The van der Waals surface area contributed by atoms with E-state index in [1.807, 2.05) is 52.0 Å². The first-order valence-electron chi connectivity index (χ1n) is 8.93. The number of H-pyrrole nitrogens is 1. The second kappa shape index (κ2) is 7.96. The summed E-state index contributed by atoms with van der Waals surface area (Å²) >= 11 is 6.20. The van der Waals surface area contributed by atoms with Crippen LogP contribution in [0, 0.1) is 5.92 Å². The van der Waals surface area contributed by atoms with Crippen LogP contribution < -0.4 is 10.1 Å². The van der Waals surface area contributed by atoms with Gasteiger partial charge in [-0.25, -0.2) is 9.97 Å². The summed E-state index contributed by atoms with van der Waals surface area (Å²) in [4.78, 5) is 24.8. The van der Waals surface area contributed by atoms with Crippen molar-refractivity contribution < 1.29 is 9.53 Å². The molecule has 0 saturated carbocycles. The van der Waals surface area contributed by atoms with E-state index in [0.29, 0.717) is 16.5 Å². The molecule has 0 aliphatic rings. The molecule has 0 fully saturated rings. The van der Waals surface area contributed by atoms with Crippen LogP contribution >= 0.6 is 11.6 Å². The Bertz CT molecular complexity index is 919. The molecule has 0 saturated heterocycles. The molecule has 0 aliphatic heterocycles. The van der Waals surface area contributed by atoms with Crippen molar-refractivity contribution in [1.29, 1.82) is 0 Å². The van der Waals surface area contributed by atoms with Gasteiger partial charge in [-0.2, -0.15) is 0 Å². The minimum Gasteiger partial charge on any atom is -0.474 e. The van der Waals surface area contributed by atoms with Crippen molar-refractivity contribution in [2.45, 2.75) is 39.8 Å². The molecule has 27 heavy (non-hydrogen) atoms. The van der Waals surface area contributed by atoms with Crippen LogP contribution in [0.3, 0.4) is 0 Å². The predicted molar refractivity (Wildman–Crippen MR) is 106 cm³/mol. The molecule has 1 aromatic carbocycles. The molecule has 0 bridgehead atoms. The third kappa shape index (κ3) is 4.39. The van der Waals surface area contributed by atoms with Crippen molar-refractivity contribution in [2.24, 2.45) is 5.92 Å². The highest BCUT2D eigenvalue weighted by molar-refractivity contribution is 6.32. The number of aromatic nitrogens is 3. The normalized spacial score (nSPS) is 12.6. The number of rotatable bonds is 6. The van der Waals surface area contributed by atoms with Gasteiger partial charge in [0.05, 0.1) is 28.7 Å². The number of pyridine rings is 1. The van der Waals surface area contributed by atoms with Gasteiger partial charge in [0.2, 0.25) is 5.88 Å². The number of aromatic amines is 1. The van der Waals surface area contributed by atoms with Gasteiger partial charge in [0, 0.05) is 6.20 Å². The molecule has 1 amide bonds. The lowest BCUT2D eigenvalue weighted by atomic mass is 10.0. The number of ether oxygens (including phenoxy) is 1. The maximum Gasteiger partial charge on any atom is 0.253 e. The summed E-state index contributed by atoms with van der Waals surface area (Å²) in [5.74, 6) is 0.917. The second-order valence-corrected chi connectivity index (χ2v) is 7.42. The van der Waals surface area contributed by atoms with E-state index in [2.05, 4.69) is 20.3 Å². The number of halogens is 1. The van der Waals surface area contributed by atoms with E-state index in [9.17, 15) is 4.79 Å². The minimum absolute atomic E-state index is 0.0481. The maximum absolute atomic E-state index is 12.7. The number of carbonyl (C=O) groups excluding carboxylic acids is 1. The number of benzene rings is 1. The van der Waals surface area contributed by atoms with E-state index in [-0.39, 0.29) is 24.0 Å². The average molecular weight is 387 g/mol. The van der Waals surface area contributed by atoms with Crippen LogP contribution in [0.2, 0.25) is 5.02 Å². The molecule has 1 atom stereocenters. The Labute approximate surface area is 163 Å². The lowest BCUT2D eigenvalue weighted by molar-refractivity contribution is 0.0923. The molecular weight excluding hydrogens is 364 g/mol. The first-order chi connectivity index (χ1) is 12.8. The zero-order valence-electron chi connectivity index (χ0n) is 15.8. The summed E-state index contributed by atoms with van der Waals surface area (Å²) in [6, 6.07) is 9.08. The van der Waals surface area contributed by atoms with Crippen LogP contribution in [-0.4, -0.2) is 27.0 Å². The van der Waals surface area contributed by atoms with Crippen LogP contribution in [0.1, 0.15) is 49.9 Å². The quantitative estimate of drug-likeness (QED) is 0.652. The van der Waals surface area contributed by atoms with Gasteiger partial charge in [0.25, 0.3) is 5.91 Å². The minimum atomic E-state index is -0.268. The van der Waals surface area contributed by atoms with Crippen molar-refractivity contribution in [3.8, 4) is 5.88 Å². The van der Waals surface area contributed by atoms with E-state index in [4.69, 9.17) is 16.3 Å². The van der Waals surface area contributed by atoms with Crippen LogP contribution in [0.25, 0.3) is 11.0 Å². The van der Waals surface area contributed by atoms with Crippen molar-refractivity contribution in [2.75, 3.05) is 0 Å². The standard InChI is InChI=1S/C20H23ClN4O2/c1-11(2)17(18-23-15-7-5-6-8-16(15)24-18)25-19(26)13-9-14(21)20(22-10-13)27-12(3)4/h5-12,17H,1-4H3,(H,23,24)(H,25,26). The Morgan fingerprint density at radius 1 is 1.22 bits per heavy atom. The number of nitrogens with one attached hydrogen (secondary N) is 2. The number of amides is 1. The lowest BCUT2D eigenvalue weighted by Crippen LogP contribution is -2.32. The van der Waals surface area contributed by atoms with Crippen LogP contribution in [0.4, 0.5) is 0 Å². The van der Waals surface area contributed by atoms with Gasteiger partial charge in [-0.05, 0) is 38.0 Å². The molecular formula is C20H23ClN4O2. The topological polar surface area (TPSA) is 79.9 Å². The lowest BCUT2D eigenvalue weighted by Gasteiger charge is -2.20. The van der Waals surface area contributed by atoms with E-state index >= 15 is 0 Å². The largest absolute Gasteiger partial charge is 0.474 e. The molecule has 142 valence electrons. The molecule has 0 radical (unpaired) electrons. The monoisotopic (exact) mass is 386 g/mol. The molecule has 2 N–H and O–H groups in total. The van der Waals surface area contributed by atoms with Gasteiger partial charge in [0.15, 0.2) is 0 Å². The summed E-state index contributed by atoms with van der Waals surface area (Å²) in [7, 11) is 0. The average Bonchev–Trinajstić information content (AvgIpc) is 3.04. The van der Waals surface area contributed by atoms with E-state index in [1.165, 1.54) is 6.20 Å². The Balaban J connectivity index is 1.82. The Morgan fingerprint density at radius 2 is 1.96 bits per heavy atom. The van der Waals surface area contributed by atoms with Crippen molar-refractivity contribution in [1.82, 2.24) is 20.3 Å². The third-order valence-corrected chi connectivity index (χ3v) is 4.34.